The van der Waals surface area contributed by atoms with Crippen molar-refractivity contribution in [3.05, 3.63) is 78.6 Å². The molecule has 4 rings (SSSR count). The van der Waals surface area contributed by atoms with Crippen molar-refractivity contribution in [1.82, 2.24) is 19.7 Å². The van der Waals surface area contributed by atoms with E-state index in [0.29, 0.717) is 43.8 Å². The van der Waals surface area contributed by atoms with Gasteiger partial charge in [-0.05, 0) is 29.8 Å². The first-order valence-corrected chi connectivity index (χ1v) is 10.9. The van der Waals surface area contributed by atoms with Gasteiger partial charge in [-0.1, -0.05) is 48.2 Å². The van der Waals surface area contributed by atoms with E-state index in [9.17, 15) is 9.18 Å². The third-order valence-corrected chi connectivity index (χ3v) is 6.23. The summed E-state index contributed by atoms with van der Waals surface area (Å²) in [7, 11) is 0. The number of amides is 1. The Balaban J connectivity index is 1.68. The molecule has 0 radical (unpaired) electrons. The highest BCUT2D eigenvalue weighted by molar-refractivity contribution is 8.00. The predicted octanol–water partition coefficient (Wildman–Crippen LogP) is 3.96. The number of benzene rings is 2. The van der Waals surface area contributed by atoms with Crippen molar-refractivity contribution in [3.8, 4) is 11.4 Å². The van der Waals surface area contributed by atoms with Gasteiger partial charge in [0.15, 0.2) is 11.0 Å². The van der Waals surface area contributed by atoms with Crippen LogP contribution in [0.5, 0.6) is 0 Å². The zero-order chi connectivity index (χ0) is 21.6. The lowest BCUT2D eigenvalue weighted by atomic mass is 10.1. The zero-order valence-electron chi connectivity index (χ0n) is 17.0. The Morgan fingerprint density at radius 1 is 1.13 bits per heavy atom. The molecule has 31 heavy (non-hydrogen) atoms. The number of hydrogen-bond donors (Lipinski definition) is 0. The number of allylic oxidation sites excluding steroid dienone is 1. The third-order valence-electron chi connectivity index (χ3n) is 5.00. The maximum Gasteiger partial charge on any atom is 0.240 e. The van der Waals surface area contributed by atoms with E-state index >= 15 is 0 Å². The highest BCUT2D eigenvalue weighted by Gasteiger charge is 2.30. The van der Waals surface area contributed by atoms with Gasteiger partial charge in [0, 0.05) is 25.2 Å². The van der Waals surface area contributed by atoms with Gasteiger partial charge in [-0.2, -0.15) is 0 Å². The number of nitrogens with zero attached hydrogens (tertiary/aromatic N) is 4. The van der Waals surface area contributed by atoms with Gasteiger partial charge < -0.3 is 9.64 Å². The van der Waals surface area contributed by atoms with Crippen LogP contribution < -0.4 is 0 Å². The lowest BCUT2D eigenvalue weighted by molar-refractivity contribution is -0.134. The summed E-state index contributed by atoms with van der Waals surface area (Å²) in [5.41, 5.74) is 1.65. The van der Waals surface area contributed by atoms with E-state index < -0.39 is 5.25 Å². The number of aromatic nitrogens is 3. The van der Waals surface area contributed by atoms with Crippen molar-refractivity contribution < 1.29 is 13.9 Å². The van der Waals surface area contributed by atoms with E-state index in [2.05, 4.69) is 16.8 Å². The Morgan fingerprint density at radius 2 is 1.84 bits per heavy atom. The van der Waals surface area contributed by atoms with Crippen molar-refractivity contribution in [2.45, 2.75) is 17.0 Å². The summed E-state index contributed by atoms with van der Waals surface area (Å²) in [4.78, 5) is 15.3. The first-order chi connectivity index (χ1) is 15.2. The average Bonchev–Trinajstić information content (AvgIpc) is 3.21. The smallest absolute Gasteiger partial charge is 0.240 e. The second-order valence-electron chi connectivity index (χ2n) is 7.06. The van der Waals surface area contributed by atoms with Gasteiger partial charge in [-0.15, -0.1) is 16.8 Å². The first-order valence-electron chi connectivity index (χ1n) is 10.1. The molecule has 1 saturated heterocycles. The molecular formula is C23H23FN4O2S. The number of hydrogen-bond acceptors (Lipinski definition) is 5. The van der Waals surface area contributed by atoms with Crippen LogP contribution in [0.25, 0.3) is 11.4 Å². The van der Waals surface area contributed by atoms with E-state index in [1.807, 2.05) is 39.8 Å². The van der Waals surface area contributed by atoms with Gasteiger partial charge in [0.1, 0.15) is 11.1 Å². The van der Waals surface area contributed by atoms with Crippen LogP contribution in [0.2, 0.25) is 0 Å². The van der Waals surface area contributed by atoms with E-state index in [0.717, 1.165) is 11.1 Å². The van der Waals surface area contributed by atoms with Crippen molar-refractivity contribution in [2.24, 2.45) is 0 Å². The molecule has 0 N–H and O–H groups in total. The summed E-state index contributed by atoms with van der Waals surface area (Å²) in [5.74, 6) is 0.317. The van der Waals surface area contributed by atoms with Gasteiger partial charge in [-0.25, -0.2) is 4.39 Å². The number of rotatable bonds is 7. The molecule has 1 atom stereocenters. The van der Waals surface area contributed by atoms with Crippen LogP contribution in [-0.4, -0.2) is 51.9 Å². The Kier molecular flexibility index (Phi) is 6.79. The minimum Gasteiger partial charge on any atom is -0.378 e. The summed E-state index contributed by atoms with van der Waals surface area (Å²) >= 11 is 1.36. The van der Waals surface area contributed by atoms with Crippen molar-refractivity contribution in [3.63, 3.8) is 0 Å². The molecule has 6 nitrogen and oxygen atoms in total. The summed E-state index contributed by atoms with van der Waals surface area (Å²) in [6.45, 7) is 6.53. The maximum absolute atomic E-state index is 13.4. The molecule has 1 aliphatic rings. The Labute approximate surface area is 184 Å². The molecule has 1 aromatic heterocycles. The standard InChI is InChI=1S/C23H23FN4O2S/c1-2-12-28-21(18-8-10-19(24)11-9-18)25-26-23(28)31-20(17-6-4-3-5-7-17)22(29)27-13-15-30-16-14-27/h2-11,20H,1,12-16H2/t20-/m1/s1. The molecular weight excluding hydrogens is 415 g/mol. The quantitative estimate of drug-likeness (QED) is 0.413. The lowest BCUT2D eigenvalue weighted by Gasteiger charge is -2.30. The molecule has 2 aromatic carbocycles. The lowest BCUT2D eigenvalue weighted by Crippen LogP contribution is -2.42. The highest BCUT2D eigenvalue weighted by atomic mass is 32.2. The minimum atomic E-state index is -0.465. The minimum absolute atomic E-state index is 0.0241. The molecule has 0 bridgehead atoms. The number of ether oxygens (including phenoxy) is 1. The van der Waals surface area contributed by atoms with E-state index in [4.69, 9.17) is 4.74 Å². The van der Waals surface area contributed by atoms with E-state index in [1.165, 1.54) is 23.9 Å². The van der Waals surface area contributed by atoms with Gasteiger partial charge in [-0.3, -0.25) is 9.36 Å². The summed E-state index contributed by atoms with van der Waals surface area (Å²) < 4.78 is 20.7. The van der Waals surface area contributed by atoms with Crippen LogP contribution in [0.15, 0.2) is 72.4 Å². The summed E-state index contributed by atoms with van der Waals surface area (Å²) in [6.07, 6.45) is 1.75. The average molecular weight is 439 g/mol. The van der Waals surface area contributed by atoms with Crippen molar-refractivity contribution in [1.29, 1.82) is 0 Å². The van der Waals surface area contributed by atoms with Crippen LogP contribution in [0.4, 0.5) is 4.39 Å². The normalized spacial score (nSPS) is 14.9. The molecule has 0 spiro atoms. The number of halogens is 1. The van der Waals surface area contributed by atoms with Crippen LogP contribution in [-0.2, 0) is 16.1 Å². The van der Waals surface area contributed by atoms with Crippen molar-refractivity contribution in [2.75, 3.05) is 26.3 Å². The summed E-state index contributed by atoms with van der Waals surface area (Å²) in [5, 5.41) is 8.84. The van der Waals surface area contributed by atoms with E-state index in [1.54, 1.807) is 18.2 Å². The van der Waals surface area contributed by atoms with Crippen molar-refractivity contribution >= 4 is 17.7 Å². The second-order valence-corrected chi connectivity index (χ2v) is 8.13. The summed E-state index contributed by atoms with van der Waals surface area (Å²) in [6, 6.07) is 15.8. The molecule has 0 saturated carbocycles. The van der Waals surface area contributed by atoms with Crippen LogP contribution in [0.1, 0.15) is 10.8 Å². The molecule has 1 amide bonds. The first kappa shape index (κ1) is 21.3. The fourth-order valence-electron chi connectivity index (χ4n) is 3.43. The molecule has 0 unspecified atom stereocenters. The fraction of sp³-hybridized carbons (Fsp3) is 0.261. The van der Waals surface area contributed by atoms with Gasteiger partial charge >= 0.3 is 0 Å². The Morgan fingerprint density at radius 3 is 2.52 bits per heavy atom. The van der Waals surface area contributed by atoms with Crippen LogP contribution >= 0.6 is 11.8 Å². The van der Waals surface area contributed by atoms with Crippen LogP contribution in [0, 0.1) is 5.82 Å². The SMILES string of the molecule is C=CCn1c(S[C@@H](C(=O)N2CCOCC2)c2ccccc2)nnc1-c1ccc(F)cc1. The third kappa shape index (κ3) is 4.86. The maximum atomic E-state index is 13.4. The Bertz CT molecular complexity index is 1030. The number of morpholine rings is 1. The number of thioether (sulfide) groups is 1. The second kappa shape index (κ2) is 9.89. The molecule has 3 aromatic rings. The topological polar surface area (TPSA) is 60.2 Å². The molecule has 1 aliphatic heterocycles. The molecule has 160 valence electrons. The molecule has 1 fully saturated rings. The fourth-order valence-corrected chi connectivity index (χ4v) is 4.56. The molecule has 0 aliphatic carbocycles. The Hall–Kier alpha value is -2.97. The zero-order valence-corrected chi connectivity index (χ0v) is 17.8. The molecule has 2 heterocycles. The predicted molar refractivity (Wildman–Crippen MR) is 118 cm³/mol. The van der Waals surface area contributed by atoms with E-state index in [-0.39, 0.29) is 11.7 Å². The largest absolute Gasteiger partial charge is 0.378 e. The number of carbonyl (C=O) groups is 1. The monoisotopic (exact) mass is 438 g/mol. The highest BCUT2D eigenvalue weighted by Crippen LogP contribution is 2.37. The van der Waals surface area contributed by atoms with Crippen LogP contribution in [0.3, 0.4) is 0 Å². The number of carbonyl (C=O) groups excluding carboxylic acids is 1. The van der Waals surface area contributed by atoms with Gasteiger partial charge in [0.25, 0.3) is 0 Å². The van der Waals surface area contributed by atoms with Gasteiger partial charge in [0.05, 0.1) is 13.2 Å². The van der Waals surface area contributed by atoms with Gasteiger partial charge in [0.2, 0.25) is 5.91 Å². The molecule has 8 heteroatoms.